The number of nitrogens with zero attached hydrogens (tertiary/aromatic N) is 1. The van der Waals surface area contributed by atoms with Crippen LogP contribution in [0.5, 0.6) is 0 Å². The topological polar surface area (TPSA) is 23.5 Å². The molecule has 0 heterocycles. The molecule has 0 spiro atoms. The summed E-state index contributed by atoms with van der Waals surface area (Å²) < 4.78 is 0. The van der Waals surface area contributed by atoms with Gasteiger partial charge in [-0.1, -0.05) is 23.7 Å². The highest BCUT2D eigenvalue weighted by molar-refractivity contribution is 6.30. The minimum atomic E-state index is 0.275. The monoisotopic (exact) mass is 253 g/mol. The molecule has 3 heteroatoms. The summed E-state index contributed by atoms with van der Waals surface area (Å²) in [5.41, 5.74) is 1.34. The molecule has 1 aromatic rings. The zero-order chi connectivity index (χ0) is 12.1. The molecule has 0 unspecified atom stereocenters. The molecule has 1 aromatic carbocycles. The Morgan fingerprint density at radius 3 is 2.47 bits per heavy atom. The summed E-state index contributed by atoms with van der Waals surface area (Å²) in [4.78, 5) is 2.41. The molecule has 0 atom stereocenters. The lowest BCUT2D eigenvalue weighted by Crippen LogP contribution is -2.30. The maximum atomic E-state index is 9.00. The number of rotatable bonds is 7. The minimum absolute atomic E-state index is 0.275. The van der Waals surface area contributed by atoms with E-state index in [-0.39, 0.29) is 6.61 Å². The van der Waals surface area contributed by atoms with Crippen molar-refractivity contribution in [2.75, 3.05) is 19.7 Å². The quantitative estimate of drug-likeness (QED) is 0.808. The van der Waals surface area contributed by atoms with Crippen LogP contribution in [0.1, 0.15) is 24.8 Å². The third-order valence-electron chi connectivity index (χ3n) is 3.27. The van der Waals surface area contributed by atoms with E-state index < -0.39 is 0 Å². The van der Waals surface area contributed by atoms with Crippen LogP contribution in [0.15, 0.2) is 24.3 Å². The number of halogens is 1. The number of hydrogen-bond donors (Lipinski definition) is 1. The van der Waals surface area contributed by atoms with E-state index in [0.717, 1.165) is 37.0 Å². The van der Waals surface area contributed by atoms with Crippen molar-refractivity contribution in [3.8, 4) is 0 Å². The summed E-state index contributed by atoms with van der Waals surface area (Å²) in [5, 5.41) is 9.80. The molecule has 0 aromatic heterocycles. The van der Waals surface area contributed by atoms with Gasteiger partial charge in [-0.15, -0.1) is 0 Å². The van der Waals surface area contributed by atoms with Crippen molar-refractivity contribution >= 4 is 11.6 Å². The molecular formula is C14H20ClNO. The predicted molar refractivity (Wildman–Crippen MR) is 71.5 cm³/mol. The Balaban J connectivity index is 1.72. The first-order valence-corrected chi connectivity index (χ1v) is 6.77. The van der Waals surface area contributed by atoms with Gasteiger partial charge >= 0.3 is 0 Å². The maximum absolute atomic E-state index is 9.00. The van der Waals surface area contributed by atoms with Gasteiger partial charge in [0, 0.05) is 17.6 Å². The van der Waals surface area contributed by atoms with E-state index in [9.17, 15) is 0 Å². The molecule has 17 heavy (non-hydrogen) atoms. The van der Waals surface area contributed by atoms with Gasteiger partial charge in [-0.3, -0.25) is 4.90 Å². The average Bonchev–Trinajstić information content (AvgIpc) is 3.15. The Hall–Kier alpha value is -0.570. The van der Waals surface area contributed by atoms with Gasteiger partial charge in [0.25, 0.3) is 0 Å². The van der Waals surface area contributed by atoms with Gasteiger partial charge in [0.05, 0.1) is 6.61 Å². The van der Waals surface area contributed by atoms with Crippen LogP contribution in [-0.4, -0.2) is 35.7 Å². The van der Waals surface area contributed by atoms with Gasteiger partial charge < -0.3 is 5.11 Å². The fourth-order valence-corrected chi connectivity index (χ4v) is 2.31. The van der Waals surface area contributed by atoms with Gasteiger partial charge in [-0.2, -0.15) is 0 Å². The molecule has 0 amide bonds. The molecular weight excluding hydrogens is 234 g/mol. The average molecular weight is 254 g/mol. The van der Waals surface area contributed by atoms with Crippen molar-refractivity contribution in [2.45, 2.75) is 31.7 Å². The first kappa shape index (κ1) is 12.9. The van der Waals surface area contributed by atoms with Crippen molar-refractivity contribution in [1.29, 1.82) is 0 Å². The Kier molecular flexibility index (Phi) is 4.84. The number of benzene rings is 1. The van der Waals surface area contributed by atoms with Crippen LogP contribution in [0.3, 0.4) is 0 Å². The van der Waals surface area contributed by atoms with Crippen molar-refractivity contribution in [3.05, 3.63) is 34.9 Å². The standard InChI is InChI=1S/C14H20ClNO/c15-13-5-3-12(4-6-13)2-1-9-16(10-11-17)14-7-8-14/h3-6,14,17H,1-2,7-11H2. The van der Waals surface area contributed by atoms with Crippen molar-refractivity contribution in [2.24, 2.45) is 0 Å². The third-order valence-corrected chi connectivity index (χ3v) is 3.53. The Morgan fingerprint density at radius 1 is 1.18 bits per heavy atom. The second kappa shape index (κ2) is 6.39. The van der Waals surface area contributed by atoms with Crippen LogP contribution in [0.25, 0.3) is 0 Å². The molecule has 1 saturated carbocycles. The fraction of sp³-hybridized carbons (Fsp3) is 0.571. The number of hydrogen-bond acceptors (Lipinski definition) is 2. The third kappa shape index (κ3) is 4.30. The van der Waals surface area contributed by atoms with E-state index in [2.05, 4.69) is 17.0 Å². The Bertz CT molecular complexity index is 335. The molecule has 1 aliphatic rings. The Labute approximate surface area is 108 Å². The maximum Gasteiger partial charge on any atom is 0.0558 e. The summed E-state index contributed by atoms with van der Waals surface area (Å²) in [7, 11) is 0. The van der Waals surface area contributed by atoms with Crippen molar-refractivity contribution < 1.29 is 5.11 Å². The highest BCUT2D eigenvalue weighted by Crippen LogP contribution is 2.26. The van der Waals surface area contributed by atoms with E-state index in [1.54, 1.807) is 0 Å². The zero-order valence-electron chi connectivity index (χ0n) is 10.1. The van der Waals surface area contributed by atoms with Gasteiger partial charge in [-0.05, 0) is 49.9 Å². The zero-order valence-corrected chi connectivity index (χ0v) is 10.9. The lowest BCUT2D eigenvalue weighted by atomic mass is 10.1. The largest absolute Gasteiger partial charge is 0.395 e. The molecule has 94 valence electrons. The molecule has 0 aliphatic heterocycles. The van der Waals surface area contributed by atoms with E-state index in [4.69, 9.17) is 16.7 Å². The minimum Gasteiger partial charge on any atom is -0.395 e. The number of aliphatic hydroxyl groups excluding tert-OH is 1. The van der Waals surface area contributed by atoms with Crippen LogP contribution in [0.4, 0.5) is 0 Å². The van der Waals surface area contributed by atoms with Crippen LogP contribution >= 0.6 is 11.6 Å². The van der Waals surface area contributed by atoms with E-state index in [1.165, 1.54) is 18.4 Å². The molecule has 2 nitrogen and oxygen atoms in total. The highest BCUT2D eigenvalue weighted by Gasteiger charge is 2.27. The van der Waals surface area contributed by atoms with Crippen LogP contribution in [-0.2, 0) is 6.42 Å². The van der Waals surface area contributed by atoms with Crippen LogP contribution in [0, 0.1) is 0 Å². The lowest BCUT2D eigenvalue weighted by Gasteiger charge is -2.20. The van der Waals surface area contributed by atoms with Crippen LogP contribution < -0.4 is 0 Å². The molecule has 2 rings (SSSR count). The summed E-state index contributed by atoms with van der Waals surface area (Å²) in [5.74, 6) is 0. The highest BCUT2D eigenvalue weighted by atomic mass is 35.5. The number of aryl methyl sites for hydroxylation is 1. The number of aliphatic hydroxyl groups is 1. The van der Waals surface area contributed by atoms with Crippen molar-refractivity contribution in [3.63, 3.8) is 0 Å². The van der Waals surface area contributed by atoms with Gasteiger partial charge in [0.1, 0.15) is 0 Å². The SMILES string of the molecule is OCCN(CCCc1ccc(Cl)cc1)C1CC1. The van der Waals surface area contributed by atoms with Crippen molar-refractivity contribution in [1.82, 2.24) is 4.90 Å². The van der Waals surface area contributed by atoms with Crippen LogP contribution in [0.2, 0.25) is 5.02 Å². The van der Waals surface area contributed by atoms with Gasteiger partial charge in [-0.25, -0.2) is 0 Å². The van der Waals surface area contributed by atoms with E-state index in [0.29, 0.717) is 0 Å². The summed E-state index contributed by atoms with van der Waals surface area (Å²) >= 11 is 5.85. The summed E-state index contributed by atoms with van der Waals surface area (Å²) in [6.07, 6.45) is 4.85. The predicted octanol–water partition coefficient (Wildman–Crippen LogP) is 2.73. The Morgan fingerprint density at radius 2 is 1.88 bits per heavy atom. The molecule has 1 N–H and O–H groups in total. The molecule has 0 saturated heterocycles. The summed E-state index contributed by atoms with van der Waals surface area (Å²) in [6, 6.07) is 8.82. The first-order chi connectivity index (χ1) is 8.29. The van der Waals surface area contributed by atoms with E-state index in [1.807, 2.05) is 12.1 Å². The second-order valence-electron chi connectivity index (χ2n) is 4.72. The van der Waals surface area contributed by atoms with Gasteiger partial charge in [0.15, 0.2) is 0 Å². The smallest absolute Gasteiger partial charge is 0.0558 e. The first-order valence-electron chi connectivity index (χ1n) is 6.39. The van der Waals surface area contributed by atoms with E-state index >= 15 is 0 Å². The second-order valence-corrected chi connectivity index (χ2v) is 5.16. The molecule has 1 aliphatic carbocycles. The molecule has 1 fully saturated rings. The molecule has 0 bridgehead atoms. The van der Waals surface area contributed by atoms with Gasteiger partial charge in [0.2, 0.25) is 0 Å². The molecule has 0 radical (unpaired) electrons. The lowest BCUT2D eigenvalue weighted by molar-refractivity contribution is 0.188. The summed E-state index contributed by atoms with van der Waals surface area (Å²) in [6.45, 7) is 2.19. The fourth-order valence-electron chi connectivity index (χ4n) is 2.18. The normalized spacial score (nSPS) is 15.5.